The van der Waals surface area contributed by atoms with Crippen LogP contribution in [0.2, 0.25) is 0 Å². The molecular formula is C17H19FN2O4S. The highest BCUT2D eigenvalue weighted by atomic mass is 32.2. The van der Waals surface area contributed by atoms with Crippen molar-refractivity contribution in [3.05, 3.63) is 53.3 Å². The molecule has 8 heteroatoms. The Morgan fingerprint density at radius 1 is 1.20 bits per heavy atom. The molecule has 0 aromatic heterocycles. The Hall–Kier alpha value is -2.45. The van der Waals surface area contributed by atoms with Crippen LogP contribution >= 0.6 is 0 Å². The van der Waals surface area contributed by atoms with Crippen LogP contribution in [0.15, 0.2) is 41.3 Å². The van der Waals surface area contributed by atoms with Crippen LogP contribution in [0.4, 0.5) is 10.1 Å². The monoisotopic (exact) mass is 366 g/mol. The van der Waals surface area contributed by atoms with E-state index in [1.807, 2.05) is 0 Å². The minimum atomic E-state index is -3.81. The van der Waals surface area contributed by atoms with Gasteiger partial charge in [0.2, 0.25) is 10.0 Å². The lowest BCUT2D eigenvalue weighted by Crippen LogP contribution is -2.24. The summed E-state index contributed by atoms with van der Waals surface area (Å²) in [4.78, 5) is 12.3. The molecule has 1 amide bonds. The molecule has 0 bridgehead atoms. The van der Waals surface area contributed by atoms with Crippen molar-refractivity contribution in [2.75, 3.05) is 19.0 Å². The predicted octanol–water partition coefficient (Wildman–Crippen LogP) is 2.69. The number of amides is 1. The van der Waals surface area contributed by atoms with Crippen LogP contribution in [0.1, 0.15) is 22.8 Å². The Morgan fingerprint density at radius 2 is 1.92 bits per heavy atom. The first-order valence-electron chi connectivity index (χ1n) is 7.53. The van der Waals surface area contributed by atoms with E-state index < -0.39 is 21.7 Å². The van der Waals surface area contributed by atoms with Gasteiger partial charge in [0, 0.05) is 17.8 Å². The van der Waals surface area contributed by atoms with Crippen molar-refractivity contribution in [2.45, 2.75) is 18.7 Å². The summed E-state index contributed by atoms with van der Waals surface area (Å²) < 4.78 is 45.3. The summed E-state index contributed by atoms with van der Waals surface area (Å²) in [6, 6.07) is 8.10. The lowest BCUT2D eigenvalue weighted by atomic mass is 10.1. The highest BCUT2D eigenvalue weighted by molar-refractivity contribution is 7.89. The zero-order valence-electron chi connectivity index (χ0n) is 14.1. The number of hydrogen-bond donors (Lipinski definition) is 2. The molecule has 6 nitrogen and oxygen atoms in total. The summed E-state index contributed by atoms with van der Waals surface area (Å²) in [7, 11) is -2.47. The first kappa shape index (κ1) is 18.9. The van der Waals surface area contributed by atoms with E-state index in [0.717, 1.165) is 0 Å². The van der Waals surface area contributed by atoms with Gasteiger partial charge in [0.05, 0.1) is 7.11 Å². The lowest BCUT2D eigenvalue weighted by molar-refractivity contribution is 0.102. The second kappa shape index (κ2) is 7.62. The van der Waals surface area contributed by atoms with Gasteiger partial charge in [-0.3, -0.25) is 4.79 Å². The summed E-state index contributed by atoms with van der Waals surface area (Å²) in [6.45, 7) is 3.57. The maximum absolute atomic E-state index is 13.3. The number of anilines is 1. The fourth-order valence-corrected chi connectivity index (χ4v) is 3.45. The standard InChI is InChI=1S/C17H19FN2O4S/c1-4-19-25(22,23)16-9-12(6-8-15(16)24-3)17(21)20-14-10-13(18)7-5-11(14)2/h5-10,19H,4H2,1-3H3,(H,20,21). The Kier molecular flexibility index (Phi) is 5.76. The van der Waals surface area contributed by atoms with Gasteiger partial charge in [-0.05, 0) is 42.8 Å². The second-order valence-corrected chi connectivity index (χ2v) is 7.02. The Labute approximate surface area is 146 Å². The van der Waals surface area contributed by atoms with Crippen LogP contribution in [-0.2, 0) is 10.0 Å². The number of carbonyl (C=O) groups excluding carboxylic acids is 1. The number of rotatable bonds is 6. The molecule has 0 saturated heterocycles. The Morgan fingerprint density at radius 3 is 2.56 bits per heavy atom. The molecule has 0 radical (unpaired) electrons. The van der Waals surface area contributed by atoms with Crippen LogP contribution < -0.4 is 14.8 Å². The molecule has 0 fully saturated rings. The SMILES string of the molecule is CCNS(=O)(=O)c1cc(C(=O)Nc2cc(F)ccc2C)ccc1OC. The summed E-state index contributed by atoms with van der Waals surface area (Å²) in [5.74, 6) is -0.908. The van der Waals surface area contributed by atoms with Gasteiger partial charge in [-0.25, -0.2) is 17.5 Å². The molecule has 25 heavy (non-hydrogen) atoms. The topological polar surface area (TPSA) is 84.5 Å². The van der Waals surface area contributed by atoms with Gasteiger partial charge in [-0.15, -0.1) is 0 Å². The summed E-state index contributed by atoms with van der Waals surface area (Å²) in [5.41, 5.74) is 1.11. The molecule has 0 heterocycles. The van der Waals surface area contributed by atoms with Crippen molar-refractivity contribution in [1.82, 2.24) is 4.72 Å². The number of carbonyl (C=O) groups is 1. The molecule has 0 aliphatic rings. The van der Waals surface area contributed by atoms with Crippen molar-refractivity contribution in [3.63, 3.8) is 0 Å². The normalized spacial score (nSPS) is 11.2. The number of halogens is 1. The van der Waals surface area contributed by atoms with Crippen molar-refractivity contribution >= 4 is 21.6 Å². The smallest absolute Gasteiger partial charge is 0.255 e. The fourth-order valence-electron chi connectivity index (χ4n) is 2.22. The molecule has 0 atom stereocenters. The van der Waals surface area contributed by atoms with E-state index in [0.29, 0.717) is 11.3 Å². The van der Waals surface area contributed by atoms with E-state index in [2.05, 4.69) is 10.0 Å². The largest absolute Gasteiger partial charge is 0.495 e. The maximum atomic E-state index is 13.3. The van der Waals surface area contributed by atoms with E-state index in [9.17, 15) is 17.6 Å². The number of sulfonamides is 1. The Bertz CT molecular complexity index is 898. The maximum Gasteiger partial charge on any atom is 0.255 e. The van der Waals surface area contributed by atoms with E-state index in [-0.39, 0.29) is 22.8 Å². The molecule has 0 unspecified atom stereocenters. The van der Waals surface area contributed by atoms with E-state index in [1.54, 1.807) is 19.9 Å². The van der Waals surface area contributed by atoms with E-state index in [1.165, 1.54) is 37.4 Å². The fraction of sp³-hybridized carbons (Fsp3) is 0.235. The number of aryl methyl sites for hydroxylation is 1. The predicted molar refractivity (Wildman–Crippen MR) is 92.9 cm³/mol. The van der Waals surface area contributed by atoms with Gasteiger partial charge >= 0.3 is 0 Å². The van der Waals surface area contributed by atoms with Crippen LogP contribution in [0.25, 0.3) is 0 Å². The van der Waals surface area contributed by atoms with Gasteiger partial charge in [0.1, 0.15) is 16.5 Å². The number of nitrogens with one attached hydrogen (secondary N) is 2. The van der Waals surface area contributed by atoms with Gasteiger partial charge in [-0.2, -0.15) is 0 Å². The third kappa shape index (κ3) is 4.34. The first-order chi connectivity index (χ1) is 11.8. The van der Waals surface area contributed by atoms with Crippen LogP contribution in [0, 0.1) is 12.7 Å². The molecular weight excluding hydrogens is 347 g/mol. The van der Waals surface area contributed by atoms with Crippen molar-refractivity contribution in [1.29, 1.82) is 0 Å². The average Bonchev–Trinajstić information content (AvgIpc) is 2.57. The van der Waals surface area contributed by atoms with Crippen LogP contribution in [0.3, 0.4) is 0 Å². The third-order valence-electron chi connectivity index (χ3n) is 3.50. The Balaban J connectivity index is 2.39. The van der Waals surface area contributed by atoms with Crippen molar-refractivity contribution in [3.8, 4) is 5.75 Å². The number of hydrogen-bond acceptors (Lipinski definition) is 4. The molecule has 2 N–H and O–H groups in total. The molecule has 134 valence electrons. The minimum Gasteiger partial charge on any atom is -0.495 e. The zero-order chi connectivity index (χ0) is 18.6. The summed E-state index contributed by atoms with van der Waals surface area (Å²) in [5, 5.41) is 2.58. The van der Waals surface area contributed by atoms with Crippen molar-refractivity contribution in [2.24, 2.45) is 0 Å². The summed E-state index contributed by atoms with van der Waals surface area (Å²) in [6.07, 6.45) is 0. The highest BCUT2D eigenvalue weighted by Gasteiger charge is 2.21. The molecule has 0 spiro atoms. The molecule has 2 rings (SSSR count). The molecule has 2 aromatic rings. The highest BCUT2D eigenvalue weighted by Crippen LogP contribution is 2.25. The van der Waals surface area contributed by atoms with Crippen molar-refractivity contribution < 1.29 is 22.3 Å². The molecule has 0 aliphatic heterocycles. The zero-order valence-corrected chi connectivity index (χ0v) is 14.9. The molecule has 0 saturated carbocycles. The van der Waals surface area contributed by atoms with Crippen LogP contribution in [-0.4, -0.2) is 28.0 Å². The lowest BCUT2D eigenvalue weighted by Gasteiger charge is -2.13. The number of benzene rings is 2. The van der Waals surface area contributed by atoms with Crippen LogP contribution in [0.5, 0.6) is 5.75 Å². The minimum absolute atomic E-state index is 0.112. The van der Waals surface area contributed by atoms with Gasteiger partial charge in [0.15, 0.2) is 0 Å². The van der Waals surface area contributed by atoms with Gasteiger partial charge in [-0.1, -0.05) is 13.0 Å². The second-order valence-electron chi connectivity index (χ2n) is 5.28. The number of methoxy groups -OCH3 is 1. The van der Waals surface area contributed by atoms with E-state index in [4.69, 9.17) is 4.74 Å². The number of ether oxygens (including phenoxy) is 1. The molecule has 2 aromatic carbocycles. The van der Waals surface area contributed by atoms with E-state index >= 15 is 0 Å². The molecule has 0 aliphatic carbocycles. The summed E-state index contributed by atoms with van der Waals surface area (Å²) >= 11 is 0. The quantitative estimate of drug-likeness (QED) is 0.823. The average molecular weight is 366 g/mol. The third-order valence-corrected chi connectivity index (χ3v) is 5.06. The first-order valence-corrected chi connectivity index (χ1v) is 9.02. The van der Waals surface area contributed by atoms with Gasteiger partial charge in [0.25, 0.3) is 5.91 Å². The van der Waals surface area contributed by atoms with Gasteiger partial charge < -0.3 is 10.1 Å².